The number of ether oxygens (including phenoxy) is 1. The van der Waals surface area contributed by atoms with Gasteiger partial charge in [-0.1, -0.05) is 0 Å². The van der Waals surface area contributed by atoms with Gasteiger partial charge in [0.2, 0.25) is 10.0 Å². The highest BCUT2D eigenvalue weighted by Crippen LogP contribution is 2.28. The number of carboxylic acid groups (broad SMARTS) is 1. The van der Waals surface area contributed by atoms with Gasteiger partial charge in [-0.25, -0.2) is 8.42 Å². The fourth-order valence-corrected chi connectivity index (χ4v) is 5.21. The van der Waals surface area contributed by atoms with Gasteiger partial charge in [-0.3, -0.25) is 4.79 Å². The summed E-state index contributed by atoms with van der Waals surface area (Å²) in [5, 5.41) is 8.77. The summed E-state index contributed by atoms with van der Waals surface area (Å²) >= 11 is 1.44. The standard InChI is InChI=1S/C12H17NO5S2/c1-8-5-11(9(2)19-8)20(16,17)13-3-4-18-10(7-13)6-12(14)15/h5,10H,3-4,6-7H2,1-2H3,(H,14,15). The van der Waals surface area contributed by atoms with Crippen molar-refractivity contribution in [2.45, 2.75) is 31.3 Å². The first-order valence-corrected chi connectivity index (χ1v) is 8.47. The van der Waals surface area contributed by atoms with E-state index < -0.39 is 22.1 Å². The second-order valence-corrected chi connectivity index (χ2v) is 8.10. The highest BCUT2D eigenvalue weighted by atomic mass is 32.2. The molecule has 0 saturated carbocycles. The van der Waals surface area contributed by atoms with Crippen LogP contribution in [-0.2, 0) is 19.6 Å². The molecule has 0 bridgehead atoms. The lowest BCUT2D eigenvalue weighted by Gasteiger charge is -2.31. The van der Waals surface area contributed by atoms with Gasteiger partial charge in [0, 0.05) is 22.8 Å². The second-order valence-electron chi connectivity index (χ2n) is 4.73. The fraction of sp³-hybridized carbons (Fsp3) is 0.583. The van der Waals surface area contributed by atoms with Crippen LogP contribution in [0, 0.1) is 13.8 Å². The van der Waals surface area contributed by atoms with E-state index in [1.807, 2.05) is 6.92 Å². The second kappa shape index (κ2) is 5.80. The Labute approximate surface area is 122 Å². The molecule has 2 rings (SSSR count). The predicted molar refractivity (Wildman–Crippen MR) is 74.5 cm³/mol. The molecular formula is C12H17NO5S2. The van der Waals surface area contributed by atoms with E-state index in [1.165, 1.54) is 15.6 Å². The Morgan fingerprint density at radius 3 is 2.80 bits per heavy atom. The van der Waals surface area contributed by atoms with Gasteiger partial charge in [-0.05, 0) is 19.9 Å². The SMILES string of the molecule is Cc1cc(S(=O)(=O)N2CCOC(CC(=O)O)C2)c(C)s1. The van der Waals surface area contributed by atoms with Gasteiger partial charge in [0.15, 0.2) is 0 Å². The van der Waals surface area contributed by atoms with E-state index in [4.69, 9.17) is 9.84 Å². The van der Waals surface area contributed by atoms with Crippen LogP contribution >= 0.6 is 11.3 Å². The van der Waals surface area contributed by atoms with Crippen molar-refractivity contribution in [2.75, 3.05) is 19.7 Å². The molecule has 1 aromatic heterocycles. The van der Waals surface area contributed by atoms with E-state index in [9.17, 15) is 13.2 Å². The molecule has 1 saturated heterocycles. The third-order valence-corrected chi connectivity index (χ3v) is 6.20. The first-order chi connectivity index (χ1) is 9.30. The molecule has 0 aliphatic carbocycles. The molecule has 1 aliphatic heterocycles. The molecule has 20 heavy (non-hydrogen) atoms. The smallest absolute Gasteiger partial charge is 0.306 e. The van der Waals surface area contributed by atoms with Crippen LogP contribution in [0.2, 0.25) is 0 Å². The summed E-state index contributed by atoms with van der Waals surface area (Å²) < 4.78 is 31.8. The largest absolute Gasteiger partial charge is 0.481 e. The minimum Gasteiger partial charge on any atom is -0.481 e. The molecule has 0 amide bonds. The minimum atomic E-state index is -3.57. The van der Waals surface area contributed by atoms with E-state index in [1.54, 1.807) is 13.0 Å². The Bertz CT molecular complexity index is 607. The minimum absolute atomic E-state index is 0.0863. The Morgan fingerprint density at radius 2 is 2.25 bits per heavy atom. The van der Waals surface area contributed by atoms with Crippen LogP contribution in [0.5, 0.6) is 0 Å². The van der Waals surface area contributed by atoms with Crippen LogP contribution in [-0.4, -0.2) is 49.6 Å². The number of morpholine rings is 1. The molecule has 112 valence electrons. The van der Waals surface area contributed by atoms with Crippen LogP contribution in [0.3, 0.4) is 0 Å². The quantitative estimate of drug-likeness (QED) is 0.902. The molecule has 0 aromatic carbocycles. The molecule has 6 nitrogen and oxygen atoms in total. The molecule has 8 heteroatoms. The van der Waals surface area contributed by atoms with Gasteiger partial charge < -0.3 is 9.84 Å². The monoisotopic (exact) mass is 319 g/mol. The van der Waals surface area contributed by atoms with Crippen molar-refractivity contribution >= 4 is 27.3 Å². The molecule has 1 atom stereocenters. The zero-order chi connectivity index (χ0) is 14.9. The van der Waals surface area contributed by atoms with Crippen molar-refractivity contribution < 1.29 is 23.1 Å². The molecular weight excluding hydrogens is 302 g/mol. The summed E-state index contributed by atoms with van der Waals surface area (Å²) in [7, 11) is -3.57. The molecule has 2 heterocycles. The van der Waals surface area contributed by atoms with Gasteiger partial charge in [0.05, 0.1) is 24.0 Å². The van der Waals surface area contributed by atoms with E-state index in [2.05, 4.69) is 0 Å². The number of hydrogen-bond acceptors (Lipinski definition) is 5. The first kappa shape index (κ1) is 15.4. The number of hydrogen-bond donors (Lipinski definition) is 1. The number of sulfonamides is 1. The van der Waals surface area contributed by atoms with Crippen LogP contribution in [0.4, 0.5) is 0 Å². The van der Waals surface area contributed by atoms with Crippen LogP contribution in [0.15, 0.2) is 11.0 Å². The van der Waals surface area contributed by atoms with Crippen molar-refractivity contribution in [2.24, 2.45) is 0 Å². The lowest BCUT2D eigenvalue weighted by atomic mass is 10.2. The number of carbonyl (C=O) groups is 1. The highest BCUT2D eigenvalue weighted by molar-refractivity contribution is 7.89. The van der Waals surface area contributed by atoms with E-state index in [0.29, 0.717) is 4.90 Å². The fourth-order valence-electron chi connectivity index (χ4n) is 2.23. The maximum Gasteiger partial charge on any atom is 0.306 e. The number of aliphatic carboxylic acids is 1. The summed E-state index contributed by atoms with van der Waals surface area (Å²) in [4.78, 5) is 12.7. The first-order valence-electron chi connectivity index (χ1n) is 6.21. The highest BCUT2D eigenvalue weighted by Gasteiger charge is 2.33. The Balaban J connectivity index is 2.21. The van der Waals surface area contributed by atoms with Crippen LogP contribution in [0.1, 0.15) is 16.2 Å². The maximum atomic E-state index is 12.6. The van der Waals surface area contributed by atoms with Crippen LogP contribution < -0.4 is 0 Å². The number of nitrogens with zero attached hydrogens (tertiary/aromatic N) is 1. The number of thiophene rings is 1. The zero-order valence-corrected chi connectivity index (χ0v) is 13.0. The lowest BCUT2D eigenvalue weighted by molar-refractivity contribution is -0.141. The third-order valence-electron chi connectivity index (χ3n) is 3.12. The molecule has 1 fully saturated rings. The summed E-state index contributed by atoms with van der Waals surface area (Å²) in [5.41, 5.74) is 0. The summed E-state index contributed by atoms with van der Waals surface area (Å²) in [6.07, 6.45) is -0.774. The van der Waals surface area contributed by atoms with Gasteiger partial charge in [-0.2, -0.15) is 4.31 Å². The molecule has 1 N–H and O–H groups in total. The lowest BCUT2D eigenvalue weighted by Crippen LogP contribution is -2.46. The Kier molecular flexibility index (Phi) is 4.48. The summed E-state index contributed by atoms with van der Waals surface area (Å²) in [5.74, 6) is -0.989. The maximum absolute atomic E-state index is 12.6. The van der Waals surface area contributed by atoms with Gasteiger partial charge in [0.1, 0.15) is 0 Å². The van der Waals surface area contributed by atoms with E-state index in [-0.39, 0.29) is 26.1 Å². The predicted octanol–water partition coefficient (Wildman–Crippen LogP) is 1.23. The molecule has 1 unspecified atom stereocenters. The van der Waals surface area contributed by atoms with Crippen molar-refractivity contribution in [1.29, 1.82) is 0 Å². The number of carboxylic acids is 1. The van der Waals surface area contributed by atoms with Gasteiger partial charge in [-0.15, -0.1) is 11.3 Å². The average molecular weight is 319 g/mol. The van der Waals surface area contributed by atoms with Crippen LogP contribution in [0.25, 0.3) is 0 Å². The molecule has 1 aromatic rings. The third kappa shape index (κ3) is 3.20. The van der Waals surface area contributed by atoms with Gasteiger partial charge >= 0.3 is 5.97 Å². The summed E-state index contributed by atoms with van der Waals surface area (Å²) in [6, 6.07) is 1.66. The molecule has 1 aliphatic rings. The number of aryl methyl sites for hydroxylation is 2. The zero-order valence-electron chi connectivity index (χ0n) is 11.3. The van der Waals surface area contributed by atoms with Crippen molar-refractivity contribution in [1.82, 2.24) is 4.31 Å². The summed E-state index contributed by atoms with van der Waals surface area (Å²) in [6.45, 7) is 4.21. The molecule has 0 radical (unpaired) electrons. The van der Waals surface area contributed by atoms with Crippen molar-refractivity contribution in [3.63, 3.8) is 0 Å². The Hall–Kier alpha value is -0.960. The topological polar surface area (TPSA) is 83.9 Å². The Morgan fingerprint density at radius 1 is 1.55 bits per heavy atom. The number of rotatable bonds is 4. The van der Waals surface area contributed by atoms with Gasteiger partial charge in [0.25, 0.3) is 0 Å². The average Bonchev–Trinajstić information content (AvgIpc) is 2.68. The van der Waals surface area contributed by atoms with Crippen molar-refractivity contribution in [3.8, 4) is 0 Å². The normalized spacial score (nSPS) is 21.0. The van der Waals surface area contributed by atoms with Crippen molar-refractivity contribution in [3.05, 3.63) is 15.8 Å². The molecule has 0 spiro atoms. The van der Waals surface area contributed by atoms with E-state index >= 15 is 0 Å². The van der Waals surface area contributed by atoms with E-state index in [0.717, 1.165) is 9.75 Å².